The summed E-state index contributed by atoms with van der Waals surface area (Å²) < 4.78 is 12.8. The first-order chi connectivity index (χ1) is 13.0. The second kappa shape index (κ2) is 8.18. The highest BCUT2D eigenvalue weighted by molar-refractivity contribution is 6.01. The van der Waals surface area contributed by atoms with Crippen LogP contribution < -0.4 is 16.2 Å². The molecule has 4 N–H and O–H groups in total. The van der Waals surface area contributed by atoms with E-state index in [0.29, 0.717) is 13.0 Å². The van der Waals surface area contributed by atoms with Crippen molar-refractivity contribution >= 4 is 22.7 Å². The number of benzene rings is 3. The van der Waals surface area contributed by atoms with Gasteiger partial charge in [0.05, 0.1) is 5.56 Å². The Morgan fingerprint density at radius 1 is 0.926 bits per heavy atom. The monoisotopic (exact) mass is 367 g/mol. The molecule has 0 saturated carbocycles. The van der Waals surface area contributed by atoms with Crippen LogP contribution in [0.2, 0.25) is 0 Å². The minimum Gasteiger partial charge on any atom is -0.507 e. The molecule has 0 saturated heterocycles. The van der Waals surface area contributed by atoms with Crippen LogP contribution in [0.25, 0.3) is 10.8 Å². The van der Waals surface area contributed by atoms with E-state index in [-0.39, 0.29) is 17.1 Å². The molecule has 7 heteroatoms. The number of phenolic OH excluding ortho intramolecular Hbond substituents is 1. The van der Waals surface area contributed by atoms with E-state index in [1.807, 2.05) is 24.3 Å². The summed E-state index contributed by atoms with van der Waals surface area (Å²) in [6, 6.07) is 15.7. The molecule has 0 unspecified atom stereocenters. The predicted octanol–water partition coefficient (Wildman–Crippen LogP) is 2.87. The van der Waals surface area contributed by atoms with Crippen LogP contribution in [0.4, 0.5) is 9.18 Å². The summed E-state index contributed by atoms with van der Waals surface area (Å²) in [7, 11) is 0. The molecule has 0 atom stereocenters. The third-order valence-electron chi connectivity index (χ3n) is 4.01. The molecular formula is C20H18FN3O3. The van der Waals surface area contributed by atoms with Crippen LogP contribution in [0.3, 0.4) is 0 Å². The van der Waals surface area contributed by atoms with Crippen molar-refractivity contribution in [1.29, 1.82) is 0 Å². The lowest BCUT2D eigenvalue weighted by Crippen LogP contribution is -2.47. The quantitative estimate of drug-likeness (QED) is 0.535. The van der Waals surface area contributed by atoms with Gasteiger partial charge in [0, 0.05) is 6.54 Å². The maximum atomic E-state index is 12.8. The van der Waals surface area contributed by atoms with Crippen molar-refractivity contribution in [3.8, 4) is 5.75 Å². The first-order valence-corrected chi connectivity index (χ1v) is 8.33. The molecule has 27 heavy (non-hydrogen) atoms. The van der Waals surface area contributed by atoms with Gasteiger partial charge in [-0.1, -0.05) is 36.4 Å². The Labute approximate surface area is 155 Å². The van der Waals surface area contributed by atoms with Crippen LogP contribution in [0.5, 0.6) is 5.75 Å². The van der Waals surface area contributed by atoms with Gasteiger partial charge in [0.1, 0.15) is 11.6 Å². The molecule has 6 nitrogen and oxygen atoms in total. The minimum atomic E-state index is -0.632. The van der Waals surface area contributed by atoms with E-state index in [2.05, 4.69) is 16.2 Å². The molecule has 0 aliphatic rings. The number of carbonyl (C=O) groups is 2. The second-order valence-corrected chi connectivity index (χ2v) is 5.93. The third kappa shape index (κ3) is 4.72. The average molecular weight is 367 g/mol. The molecule has 0 heterocycles. The second-order valence-electron chi connectivity index (χ2n) is 5.93. The number of halogens is 1. The zero-order valence-corrected chi connectivity index (χ0v) is 14.3. The Morgan fingerprint density at radius 2 is 1.59 bits per heavy atom. The Morgan fingerprint density at radius 3 is 2.30 bits per heavy atom. The van der Waals surface area contributed by atoms with Gasteiger partial charge in [-0.25, -0.2) is 14.6 Å². The number of fused-ring (bicyclic) bond motifs is 1. The van der Waals surface area contributed by atoms with Gasteiger partial charge < -0.3 is 10.4 Å². The molecule has 0 spiro atoms. The highest BCUT2D eigenvalue weighted by Gasteiger charge is 2.13. The third-order valence-corrected chi connectivity index (χ3v) is 4.01. The van der Waals surface area contributed by atoms with Gasteiger partial charge in [-0.15, -0.1) is 0 Å². The summed E-state index contributed by atoms with van der Waals surface area (Å²) >= 11 is 0. The van der Waals surface area contributed by atoms with Gasteiger partial charge in [-0.05, 0) is 47.0 Å². The van der Waals surface area contributed by atoms with Crippen molar-refractivity contribution in [3.05, 3.63) is 77.6 Å². The van der Waals surface area contributed by atoms with Gasteiger partial charge in [-0.3, -0.25) is 10.2 Å². The molecule has 0 aromatic heterocycles. The molecule has 3 aromatic rings. The van der Waals surface area contributed by atoms with Gasteiger partial charge in [0.25, 0.3) is 5.91 Å². The van der Waals surface area contributed by atoms with Crippen LogP contribution in [-0.4, -0.2) is 23.6 Å². The summed E-state index contributed by atoms with van der Waals surface area (Å²) in [6.45, 7) is 0.314. The number of hydrazine groups is 1. The number of hydrogen-bond donors (Lipinski definition) is 4. The molecule has 3 rings (SSSR count). The van der Waals surface area contributed by atoms with Gasteiger partial charge in [0.15, 0.2) is 0 Å². The van der Waals surface area contributed by atoms with Crippen molar-refractivity contribution in [2.24, 2.45) is 0 Å². The van der Waals surface area contributed by atoms with E-state index in [9.17, 15) is 19.1 Å². The van der Waals surface area contributed by atoms with Gasteiger partial charge in [0.2, 0.25) is 0 Å². The van der Waals surface area contributed by atoms with E-state index < -0.39 is 11.9 Å². The number of carbonyl (C=O) groups excluding carboxylic acids is 2. The van der Waals surface area contributed by atoms with E-state index in [0.717, 1.165) is 16.3 Å². The van der Waals surface area contributed by atoms with Crippen LogP contribution in [0.1, 0.15) is 15.9 Å². The van der Waals surface area contributed by atoms with E-state index in [1.165, 1.54) is 18.2 Å². The number of amides is 3. The lowest BCUT2D eigenvalue weighted by atomic mass is 10.1. The molecule has 138 valence electrons. The Hall–Kier alpha value is -3.61. The van der Waals surface area contributed by atoms with E-state index in [1.54, 1.807) is 18.2 Å². The Balaban J connectivity index is 1.50. The summed E-state index contributed by atoms with van der Waals surface area (Å²) in [5.41, 5.74) is 5.41. The molecule has 0 aliphatic heterocycles. The van der Waals surface area contributed by atoms with Crippen molar-refractivity contribution in [2.45, 2.75) is 6.42 Å². The van der Waals surface area contributed by atoms with Crippen LogP contribution >= 0.6 is 0 Å². The highest BCUT2D eigenvalue weighted by atomic mass is 19.1. The maximum absolute atomic E-state index is 12.8. The molecule has 3 aromatic carbocycles. The number of nitrogens with one attached hydrogen (secondary N) is 3. The van der Waals surface area contributed by atoms with Crippen LogP contribution in [-0.2, 0) is 6.42 Å². The first kappa shape index (κ1) is 18.2. The summed E-state index contributed by atoms with van der Waals surface area (Å²) in [5.74, 6) is -1.12. The Bertz CT molecular complexity index is 974. The van der Waals surface area contributed by atoms with Crippen LogP contribution in [0.15, 0.2) is 60.7 Å². The van der Waals surface area contributed by atoms with E-state index >= 15 is 0 Å². The number of phenols is 1. The Kier molecular flexibility index (Phi) is 5.51. The van der Waals surface area contributed by atoms with Gasteiger partial charge >= 0.3 is 6.03 Å². The summed E-state index contributed by atoms with van der Waals surface area (Å²) in [4.78, 5) is 24.0. The molecule has 0 radical (unpaired) electrons. The minimum absolute atomic E-state index is 0.0558. The lowest BCUT2D eigenvalue weighted by Gasteiger charge is -2.10. The fourth-order valence-electron chi connectivity index (χ4n) is 2.61. The predicted molar refractivity (Wildman–Crippen MR) is 99.7 cm³/mol. The highest BCUT2D eigenvalue weighted by Crippen LogP contribution is 2.24. The number of urea groups is 1. The normalized spacial score (nSPS) is 10.4. The average Bonchev–Trinajstić information content (AvgIpc) is 2.67. The summed E-state index contributed by atoms with van der Waals surface area (Å²) in [5, 5.41) is 14.2. The largest absolute Gasteiger partial charge is 0.507 e. The molecule has 0 fully saturated rings. The zero-order chi connectivity index (χ0) is 19.2. The zero-order valence-electron chi connectivity index (χ0n) is 14.3. The van der Waals surface area contributed by atoms with E-state index in [4.69, 9.17) is 0 Å². The fourth-order valence-corrected chi connectivity index (χ4v) is 2.61. The topological polar surface area (TPSA) is 90.5 Å². The first-order valence-electron chi connectivity index (χ1n) is 8.33. The number of aromatic hydroxyl groups is 1. The molecular weight excluding hydrogens is 349 g/mol. The molecule has 0 bridgehead atoms. The van der Waals surface area contributed by atoms with Crippen LogP contribution in [0, 0.1) is 5.82 Å². The molecule has 0 aliphatic carbocycles. The van der Waals surface area contributed by atoms with Crippen molar-refractivity contribution in [3.63, 3.8) is 0 Å². The van der Waals surface area contributed by atoms with Crippen molar-refractivity contribution in [1.82, 2.24) is 16.2 Å². The maximum Gasteiger partial charge on any atom is 0.333 e. The smallest absolute Gasteiger partial charge is 0.333 e. The lowest BCUT2D eigenvalue weighted by molar-refractivity contribution is 0.0933. The number of hydrogen-bond acceptors (Lipinski definition) is 3. The van der Waals surface area contributed by atoms with Crippen molar-refractivity contribution in [2.75, 3.05) is 6.54 Å². The SMILES string of the molecule is O=C(NCCc1ccc(F)cc1)NNC(=O)c1cc2ccccc2cc1O. The number of rotatable bonds is 4. The van der Waals surface area contributed by atoms with Crippen molar-refractivity contribution < 1.29 is 19.1 Å². The molecule has 3 amide bonds. The standard InChI is InChI=1S/C20H18FN3O3/c21-16-7-5-13(6-8-16)9-10-22-20(27)24-23-19(26)17-11-14-3-1-2-4-15(14)12-18(17)25/h1-8,11-12,25H,9-10H2,(H,23,26)(H2,22,24,27). The summed E-state index contributed by atoms with van der Waals surface area (Å²) in [6.07, 6.45) is 0.521. The van der Waals surface area contributed by atoms with Gasteiger partial charge in [-0.2, -0.15) is 0 Å². The fraction of sp³-hybridized carbons (Fsp3) is 0.100.